The van der Waals surface area contributed by atoms with Crippen molar-refractivity contribution in [1.82, 2.24) is 5.32 Å². The Bertz CT molecular complexity index is 635. The second kappa shape index (κ2) is 6.06. The van der Waals surface area contributed by atoms with Crippen LogP contribution in [-0.4, -0.2) is 5.91 Å². The van der Waals surface area contributed by atoms with Gasteiger partial charge in [-0.2, -0.15) is 0 Å². The predicted molar refractivity (Wildman–Crippen MR) is 81.2 cm³/mol. The van der Waals surface area contributed by atoms with Crippen molar-refractivity contribution >= 4 is 5.91 Å². The Hall–Kier alpha value is -2.20. The molecule has 0 saturated carbocycles. The summed E-state index contributed by atoms with van der Waals surface area (Å²) in [6.07, 6.45) is 0. The zero-order valence-electron chi connectivity index (χ0n) is 12.2. The van der Waals surface area contributed by atoms with Crippen LogP contribution < -0.4 is 11.1 Å². The zero-order valence-corrected chi connectivity index (χ0v) is 12.2. The molecule has 0 unspecified atom stereocenters. The fourth-order valence-electron chi connectivity index (χ4n) is 2.13. The molecule has 1 amide bonds. The molecule has 0 spiro atoms. The van der Waals surface area contributed by atoms with Crippen molar-refractivity contribution in [1.29, 1.82) is 0 Å². The van der Waals surface area contributed by atoms with Crippen molar-refractivity contribution < 1.29 is 9.18 Å². The Balaban J connectivity index is 2.19. The monoisotopic (exact) mass is 286 g/mol. The quantitative estimate of drug-likeness (QED) is 0.908. The molecular formula is C17H19FN2O. The van der Waals surface area contributed by atoms with Gasteiger partial charge in [0.05, 0.1) is 5.54 Å². The highest BCUT2D eigenvalue weighted by Crippen LogP contribution is 2.21. The third-order valence-electron chi connectivity index (χ3n) is 3.42. The van der Waals surface area contributed by atoms with Crippen LogP contribution in [0.3, 0.4) is 0 Å². The van der Waals surface area contributed by atoms with Gasteiger partial charge < -0.3 is 11.1 Å². The van der Waals surface area contributed by atoms with Crippen LogP contribution >= 0.6 is 0 Å². The molecule has 2 aromatic carbocycles. The highest BCUT2D eigenvalue weighted by Gasteiger charge is 2.23. The van der Waals surface area contributed by atoms with Crippen LogP contribution in [0.15, 0.2) is 48.5 Å². The largest absolute Gasteiger partial charge is 0.343 e. The fourth-order valence-corrected chi connectivity index (χ4v) is 2.13. The van der Waals surface area contributed by atoms with Crippen LogP contribution in [0.1, 0.15) is 35.3 Å². The summed E-state index contributed by atoms with van der Waals surface area (Å²) in [6, 6.07) is 13.3. The Morgan fingerprint density at radius 3 is 2.48 bits per heavy atom. The average Bonchev–Trinajstić information content (AvgIpc) is 2.47. The Kier molecular flexibility index (Phi) is 4.38. The van der Waals surface area contributed by atoms with E-state index in [4.69, 9.17) is 5.73 Å². The van der Waals surface area contributed by atoms with Gasteiger partial charge in [-0.25, -0.2) is 4.39 Å². The minimum Gasteiger partial charge on any atom is -0.343 e. The number of hydrogen-bond acceptors (Lipinski definition) is 2. The molecule has 3 N–H and O–H groups in total. The SMILES string of the molecule is CC(C)(NC(=O)c1cccc(CN)c1)c1ccc(F)cc1. The van der Waals surface area contributed by atoms with Gasteiger partial charge in [0.1, 0.15) is 5.82 Å². The first-order valence-electron chi connectivity index (χ1n) is 6.80. The van der Waals surface area contributed by atoms with E-state index in [1.807, 2.05) is 26.0 Å². The van der Waals surface area contributed by atoms with E-state index in [2.05, 4.69) is 5.32 Å². The Morgan fingerprint density at radius 2 is 1.86 bits per heavy atom. The summed E-state index contributed by atoms with van der Waals surface area (Å²) in [5, 5.41) is 2.96. The van der Waals surface area contributed by atoms with Crippen molar-refractivity contribution in [3.05, 3.63) is 71.0 Å². The van der Waals surface area contributed by atoms with Crippen LogP contribution in [0.2, 0.25) is 0 Å². The minimum atomic E-state index is -0.594. The molecule has 0 heterocycles. The van der Waals surface area contributed by atoms with Crippen LogP contribution in [0.25, 0.3) is 0 Å². The van der Waals surface area contributed by atoms with E-state index in [0.717, 1.165) is 11.1 Å². The van der Waals surface area contributed by atoms with Crippen molar-refractivity contribution in [2.75, 3.05) is 0 Å². The Morgan fingerprint density at radius 1 is 1.19 bits per heavy atom. The van der Waals surface area contributed by atoms with Gasteiger partial charge in [-0.15, -0.1) is 0 Å². The minimum absolute atomic E-state index is 0.181. The maximum atomic E-state index is 13.0. The predicted octanol–water partition coefficient (Wildman–Crippen LogP) is 2.95. The van der Waals surface area contributed by atoms with E-state index < -0.39 is 5.54 Å². The maximum absolute atomic E-state index is 13.0. The highest BCUT2D eigenvalue weighted by atomic mass is 19.1. The summed E-state index contributed by atoms with van der Waals surface area (Å²) < 4.78 is 13.0. The molecule has 0 atom stereocenters. The second-order valence-corrected chi connectivity index (χ2v) is 5.49. The van der Waals surface area contributed by atoms with E-state index >= 15 is 0 Å². The van der Waals surface area contributed by atoms with Gasteiger partial charge in [0, 0.05) is 12.1 Å². The molecular weight excluding hydrogens is 267 g/mol. The lowest BCUT2D eigenvalue weighted by atomic mass is 9.93. The third-order valence-corrected chi connectivity index (χ3v) is 3.42. The van der Waals surface area contributed by atoms with Crippen molar-refractivity contribution in [2.24, 2.45) is 5.73 Å². The van der Waals surface area contributed by atoms with E-state index in [1.165, 1.54) is 12.1 Å². The lowest BCUT2D eigenvalue weighted by molar-refractivity contribution is 0.0912. The lowest BCUT2D eigenvalue weighted by Crippen LogP contribution is -2.41. The zero-order chi connectivity index (χ0) is 15.5. The van der Waals surface area contributed by atoms with Gasteiger partial charge in [0.15, 0.2) is 0 Å². The number of halogens is 1. The van der Waals surface area contributed by atoms with E-state index in [-0.39, 0.29) is 11.7 Å². The number of nitrogens with one attached hydrogen (secondary N) is 1. The molecule has 110 valence electrons. The fraction of sp³-hybridized carbons (Fsp3) is 0.235. The summed E-state index contributed by atoms with van der Waals surface area (Å²) >= 11 is 0. The highest BCUT2D eigenvalue weighted by molar-refractivity contribution is 5.94. The summed E-state index contributed by atoms with van der Waals surface area (Å²) in [5.41, 5.74) is 7.30. The number of benzene rings is 2. The molecule has 0 fully saturated rings. The van der Waals surface area contributed by atoms with Crippen molar-refractivity contribution in [3.8, 4) is 0 Å². The maximum Gasteiger partial charge on any atom is 0.251 e. The normalized spacial score (nSPS) is 11.2. The average molecular weight is 286 g/mol. The molecule has 0 saturated heterocycles. The first-order chi connectivity index (χ1) is 9.92. The van der Waals surface area contributed by atoms with Crippen LogP contribution in [0.4, 0.5) is 4.39 Å². The van der Waals surface area contributed by atoms with Gasteiger partial charge in [-0.3, -0.25) is 4.79 Å². The Labute approximate surface area is 124 Å². The molecule has 2 aromatic rings. The second-order valence-electron chi connectivity index (χ2n) is 5.49. The molecule has 0 bridgehead atoms. The number of rotatable bonds is 4. The van der Waals surface area contributed by atoms with E-state index in [1.54, 1.807) is 24.3 Å². The number of carbonyl (C=O) groups excluding carboxylic acids is 1. The summed E-state index contributed by atoms with van der Waals surface area (Å²) in [5.74, 6) is -0.476. The molecule has 0 radical (unpaired) electrons. The number of nitrogens with two attached hydrogens (primary N) is 1. The molecule has 21 heavy (non-hydrogen) atoms. The van der Waals surface area contributed by atoms with Crippen LogP contribution in [0.5, 0.6) is 0 Å². The summed E-state index contributed by atoms with van der Waals surface area (Å²) in [7, 11) is 0. The summed E-state index contributed by atoms with van der Waals surface area (Å²) in [4.78, 5) is 12.3. The lowest BCUT2D eigenvalue weighted by Gasteiger charge is -2.27. The van der Waals surface area contributed by atoms with Crippen LogP contribution in [-0.2, 0) is 12.1 Å². The van der Waals surface area contributed by atoms with Gasteiger partial charge in [-0.1, -0.05) is 24.3 Å². The molecule has 0 aliphatic carbocycles. The van der Waals surface area contributed by atoms with Gasteiger partial charge in [0.2, 0.25) is 0 Å². The molecule has 0 aromatic heterocycles. The summed E-state index contributed by atoms with van der Waals surface area (Å²) in [6.45, 7) is 4.15. The number of amides is 1. The van der Waals surface area contributed by atoms with Gasteiger partial charge >= 0.3 is 0 Å². The van der Waals surface area contributed by atoms with Crippen molar-refractivity contribution in [3.63, 3.8) is 0 Å². The topological polar surface area (TPSA) is 55.1 Å². The molecule has 2 rings (SSSR count). The first-order valence-corrected chi connectivity index (χ1v) is 6.80. The van der Waals surface area contributed by atoms with Crippen molar-refractivity contribution in [2.45, 2.75) is 25.9 Å². The number of hydrogen-bond donors (Lipinski definition) is 2. The number of carbonyl (C=O) groups is 1. The molecule has 0 aliphatic rings. The van der Waals surface area contributed by atoms with Gasteiger partial charge in [-0.05, 0) is 49.2 Å². The third kappa shape index (κ3) is 3.67. The smallest absolute Gasteiger partial charge is 0.251 e. The molecule has 0 aliphatic heterocycles. The van der Waals surface area contributed by atoms with Crippen LogP contribution in [0, 0.1) is 5.82 Å². The first kappa shape index (κ1) is 15.2. The van der Waals surface area contributed by atoms with E-state index in [9.17, 15) is 9.18 Å². The van der Waals surface area contributed by atoms with Gasteiger partial charge in [0.25, 0.3) is 5.91 Å². The molecule has 3 nitrogen and oxygen atoms in total. The van der Waals surface area contributed by atoms with E-state index in [0.29, 0.717) is 12.1 Å². The molecule has 4 heteroatoms. The standard InChI is InChI=1S/C17H19FN2O/c1-17(2,14-6-8-15(18)9-7-14)20-16(21)13-5-3-4-12(10-13)11-19/h3-10H,11,19H2,1-2H3,(H,20,21).